The molecule has 0 atom stereocenters. The van der Waals surface area contributed by atoms with Gasteiger partial charge in [-0.1, -0.05) is 0 Å². The molecule has 0 heterocycles. The van der Waals surface area contributed by atoms with Crippen LogP contribution in [-0.4, -0.2) is 40.5 Å². The van der Waals surface area contributed by atoms with Crippen LogP contribution < -0.4 is 0 Å². The Labute approximate surface area is 107 Å². The van der Waals surface area contributed by atoms with E-state index in [1.807, 2.05) is 6.92 Å². The van der Waals surface area contributed by atoms with Gasteiger partial charge in [0.25, 0.3) is 0 Å². The maximum absolute atomic E-state index is 13.0. The highest BCUT2D eigenvalue weighted by Crippen LogP contribution is 2.36. The molecule has 106 valence electrons. The molecular formula is C13H23F2NO2. The van der Waals surface area contributed by atoms with Gasteiger partial charge in [0.1, 0.15) is 0 Å². The SMILES string of the molecule is CCN(CC(C)(C)O)C(=O)C1CCC(F)(F)CC1. The van der Waals surface area contributed by atoms with Gasteiger partial charge in [0.15, 0.2) is 0 Å². The minimum Gasteiger partial charge on any atom is -0.389 e. The van der Waals surface area contributed by atoms with Crippen LogP contribution in [0.15, 0.2) is 0 Å². The molecule has 5 heteroatoms. The summed E-state index contributed by atoms with van der Waals surface area (Å²) >= 11 is 0. The van der Waals surface area contributed by atoms with Gasteiger partial charge >= 0.3 is 0 Å². The maximum atomic E-state index is 13.0. The summed E-state index contributed by atoms with van der Waals surface area (Å²) in [5, 5.41) is 9.74. The molecule has 1 rings (SSSR count). The number of nitrogens with zero attached hydrogens (tertiary/aromatic N) is 1. The Hall–Kier alpha value is -0.710. The van der Waals surface area contributed by atoms with Gasteiger partial charge < -0.3 is 10.0 Å². The number of hydrogen-bond acceptors (Lipinski definition) is 2. The molecule has 18 heavy (non-hydrogen) atoms. The topological polar surface area (TPSA) is 40.5 Å². The highest BCUT2D eigenvalue weighted by Gasteiger charge is 2.38. The van der Waals surface area contributed by atoms with Crippen LogP contribution in [0.1, 0.15) is 46.5 Å². The van der Waals surface area contributed by atoms with Crippen molar-refractivity contribution in [2.45, 2.75) is 58.0 Å². The molecule has 1 fully saturated rings. The lowest BCUT2D eigenvalue weighted by Crippen LogP contribution is -2.45. The van der Waals surface area contributed by atoms with E-state index in [-0.39, 0.29) is 44.1 Å². The third-order valence-electron chi connectivity index (χ3n) is 3.34. The Kier molecular flexibility index (Phi) is 4.70. The molecule has 3 nitrogen and oxygen atoms in total. The predicted molar refractivity (Wildman–Crippen MR) is 65.5 cm³/mol. The number of carbonyl (C=O) groups is 1. The molecule has 0 bridgehead atoms. The van der Waals surface area contributed by atoms with Gasteiger partial charge in [0, 0.05) is 31.8 Å². The second-order valence-corrected chi connectivity index (χ2v) is 5.80. The van der Waals surface area contributed by atoms with E-state index in [0.717, 1.165) is 0 Å². The second-order valence-electron chi connectivity index (χ2n) is 5.80. The Bertz CT molecular complexity index is 290. The van der Waals surface area contributed by atoms with Crippen molar-refractivity contribution in [2.75, 3.05) is 13.1 Å². The van der Waals surface area contributed by atoms with Crippen LogP contribution in [0.25, 0.3) is 0 Å². The largest absolute Gasteiger partial charge is 0.389 e. The molecule has 1 aliphatic carbocycles. The first-order chi connectivity index (χ1) is 8.14. The summed E-state index contributed by atoms with van der Waals surface area (Å²) in [6.07, 6.45) is 0.0787. The van der Waals surface area contributed by atoms with Crippen LogP contribution in [0.5, 0.6) is 0 Å². The second kappa shape index (κ2) is 5.51. The Morgan fingerprint density at radius 2 is 1.89 bits per heavy atom. The lowest BCUT2D eigenvalue weighted by Gasteiger charge is -2.34. The molecule has 0 radical (unpaired) electrons. The molecule has 1 aliphatic rings. The van der Waals surface area contributed by atoms with E-state index in [0.29, 0.717) is 6.54 Å². The molecule has 0 spiro atoms. The van der Waals surface area contributed by atoms with Crippen molar-refractivity contribution < 1.29 is 18.7 Å². The lowest BCUT2D eigenvalue weighted by molar-refractivity contribution is -0.142. The fourth-order valence-corrected chi connectivity index (χ4v) is 2.36. The van der Waals surface area contributed by atoms with Crippen LogP contribution in [0, 0.1) is 5.92 Å². The summed E-state index contributed by atoms with van der Waals surface area (Å²) < 4.78 is 26.1. The highest BCUT2D eigenvalue weighted by molar-refractivity contribution is 5.79. The zero-order chi connectivity index (χ0) is 14.0. The zero-order valence-corrected chi connectivity index (χ0v) is 11.4. The van der Waals surface area contributed by atoms with E-state index >= 15 is 0 Å². The van der Waals surface area contributed by atoms with Crippen molar-refractivity contribution in [3.8, 4) is 0 Å². The van der Waals surface area contributed by atoms with Gasteiger partial charge in [0.05, 0.1) is 5.60 Å². The Morgan fingerprint density at radius 1 is 1.39 bits per heavy atom. The average Bonchev–Trinajstić information content (AvgIpc) is 2.24. The minimum absolute atomic E-state index is 0.102. The van der Waals surface area contributed by atoms with Crippen LogP contribution >= 0.6 is 0 Å². The molecule has 1 saturated carbocycles. The normalized spacial score (nSPS) is 20.8. The summed E-state index contributed by atoms with van der Waals surface area (Å²) in [5.41, 5.74) is -0.954. The molecule has 0 unspecified atom stereocenters. The molecule has 0 aromatic rings. The lowest BCUT2D eigenvalue weighted by atomic mass is 9.85. The summed E-state index contributed by atoms with van der Waals surface area (Å²) in [6, 6.07) is 0. The number of halogens is 2. The van der Waals surface area contributed by atoms with Crippen molar-refractivity contribution in [1.29, 1.82) is 0 Å². The fourth-order valence-electron chi connectivity index (χ4n) is 2.36. The first-order valence-corrected chi connectivity index (χ1v) is 6.53. The number of carbonyl (C=O) groups excluding carboxylic acids is 1. The summed E-state index contributed by atoms with van der Waals surface area (Å²) in [7, 11) is 0. The number of alkyl halides is 2. The Balaban J connectivity index is 2.58. The summed E-state index contributed by atoms with van der Waals surface area (Å²) in [6.45, 7) is 5.85. The van der Waals surface area contributed by atoms with Crippen LogP contribution in [-0.2, 0) is 4.79 Å². The van der Waals surface area contributed by atoms with Crippen molar-refractivity contribution in [3.63, 3.8) is 0 Å². The highest BCUT2D eigenvalue weighted by atomic mass is 19.3. The number of likely N-dealkylation sites (N-methyl/N-ethyl adjacent to an activating group) is 1. The van der Waals surface area contributed by atoms with E-state index in [2.05, 4.69) is 0 Å². The smallest absolute Gasteiger partial charge is 0.248 e. The van der Waals surface area contributed by atoms with E-state index in [4.69, 9.17) is 0 Å². The van der Waals surface area contributed by atoms with Crippen molar-refractivity contribution in [3.05, 3.63) is 0 Å². The van der Waals surface area contributed by atoms with Gasteiger partial charge in [-0.05, 0) is 33.6 Å². The third kappa shape index (κ3) is 4.52. The van der Waals surface area contributed by atoms with Crippen molar-refractivity contribution >= 4 is 5.91 Å². The van der Waals surface area contributed by atoms with Gasteiger partial charge in [0.2, 0.25) is 11.8 Å². The molecule has 1 amide bonds. The fraction of sp³-hybridized carbons (Fsp3) is 0.923. The molecule has 0 saturated heterocycles. The molecule has 0 aromatic carbocycles. The predicted octanol–water partition coefficient (Wildman–Crippen LogP) is 2.43. The summed E-state index contributed by atoms with van der Waals surface area (Å²) in [4.78, 5) is 13.8. The van der Waals surface area contributed by atoms with E-state index < -0.39 is 11.5 Å². The molecule has 0 aliphatic heterocycles. The first-order valence-electron chi connectivity index (χ1n) is 6.53. The number of aliphatic hydroxyl groups is 1. The first kappa shape index (κ1) is 15.3. The number of rotatable bonds is 4. The molecule has 0 aromatic heterocycles. The average molecular weight is 263 g/mol. The quantitative estimate of drug-likeness (QED) is 0.846. The maximum Gasteiger partial charge on any atom is 0.248 e. The van der Waals surface area contributed by atoms with Crippen LogP contribution in [0.4, 0.5) is 8.78 Å². The summed E-state index contributed by atoms with van der Waals surface area (Å²) in [5.74, 6) is -3.02. The minimum atomic E-state index is -2.61. The monoisotopic (exact) mass is 263 g/mol. The van der Waals surface area contributed by atoms with Crippen molar-refractivity contribution in [1.82, 2.24) is 4.90 Å². The van der Waals surface area contributed by atoms with Crippen LogP contribution in [0.3, 0.4) is 0 Å². The molecule has 1 N–H and O–H groups in total. The third-order valence-corrected chi connectivity index (χ3v) is 3.34. The van der Waals surface area contributed by atoms with Gasteiger partial charge in [-0.15, -0.1) is 0 Å². The number of hydrogen-bond donors (Lipinski definition) is 1. The standard InChI is InChI=1S/C13H23F2NO2/c1-4-16(9-12(2,3)18)11(17)10-5-7-13(14,15)8-6-10/h10,18H,4-9H2,1-3H3. The van der Waals surface area contributed by atoms with Gasteiger partial charge in [-0.25, -0.2) is 8.78 Å². The van der Waals surface area contributed by atoms with Crippen LogP contribution in [0.2, 0.25) is 0 Å². The van der Waals surface area contributed by atoms with Gasteiger partial charge in [-0.3, -0.25) is 4.79 Å². The van der Waals surface area contributed by atoms with Gasteiger partial charge in [-0.2, -0.15) is 0 Å². The van der Waals surface area contributed by atoms with E-state index in [9.17, 15) is 18.7 Å². The molecular weight excluding hydrogens is 240 g/mol. The number of amides is 1. The van der Waals surface area contributed by atoms with E-state index in [1.54, 1.807) is 18.7 Å². The van der Waals surface area contributed by atoms with Crippen molar-refractivity contribution in [2.24, 2.45) is 5.92 Å². The van der Waals surface area contributed by atoms with E-state index in [1.165, 1.54) is 0 Å². The Morgan fingerprint density at radius 3 is 2.28 bits per heavy atom. The zero-order valence-electron chi connectivity index (χ0n) is 11.4.